The maximum Gasteiger partial charge on any atom is 0.217 e. The number of fused-ring (bicyclic) bond motifs is 1. The monoisotopic (exact) mass is 719 g/mol. The molecular formula is C39H47ClFN5O5. The maximum absolute atomic E-state index is 13.5. The van der Waals surface area contributed by atoms with Crippen LogP contribution in [0.3, 0.4) is 0 Å². The number of carbonyl (C=O) groups is 2. The molecule has 3 aromatic carbocycles. The highest BCUT2D eigenvalue weighted by molar-refractivity contribution is 6.32. The lowest BCUT2D eigenvalue weighted by molar-refractivity contribution is -0.118. The third-order valence-corrected chi connectivity index (χ3v) is 7.74. The Hall–Kier alpha value is -5.00. The van der Waals surface area contributed by atoms with Crippen molar-refractivity contribution in [3.8, 4) is 22.8 Å². The number of nitrogens with two attached hydrogens (primary N) is 1. The molecule has 4 N–H and O–H groups in total. The van der Waals surface area contributed by atoms with Gasteiger partial charge in [-0.3, -0.25) is 4.79 Å². The Kier molecular flexibility index (Phi) is 17.4. The number of furan rings is 1. The summed E-state index contributed by atoms with van der Waals surface area (Å²) in [4.78, 5) is 28.1. The van der Waals surface area contributed by atoms with E-state index < -0.39 is 0 Å². The van der Waals surface area contributed by atoms with Gasteiger partial charge in [-0.1, -0.05) is 57.3 Å². The van der Waals surface area contributed by atoms with E-state index >= 15 is 0 Å². The molecule has 5 rings (SSSR count). The lowest BCUT2D eigenvalue weighted by atomic mass is 10.1. The molecule has 0 unspecified atom stereocenters. The van der Waals surface area contributed by atoms with Gasteiger partial charge in [0.15, 0.2) is 0 Å². The Morgan fingerprint density at radius 3 is 2.51 bits per heavy atom. The van der Waals surface area contributed by atoms with Crippen molar-refractivity contribution in [2.45, 2.75) is 72.4 Å². The first-order chi connectivity index (χ1) is 24.9. The quantitative estimate of drug-likeness (QED) is 0.0756. The summed E-state index contributed by atoms with van der Waals surface area (Å²) in [7, 11) is 0. The number of amides is 1. The van der Waals surface area contributed by atoms with Crippen molar-refractivity contribution in [1.29, 1.82) is 0 Å². The Morgan fingerprint density at radius 1 is 0.961 bits per heavy atom. The molecular weight excluding hydrogens is 673 g/mol. The molecule has 0 saturated heterocycles. The number of nitrogens with zero attached hydrogens (tertiary/aromatic N) is 2. The van der Waals surface area contributed by atoms with Gasteiger partial charge in [-0.2, -0.15) is 0 Å². The highest BCUT2D eigenvalue weighted by Gasteiger charge is 2.17. The van der Waals surface area contributed by atoms with Crippen LogP contribution in [0.25, 0.3) is 22.2 Å². The smallest absolute Gasteiger partial charge is 0.217 e. The number of rotatable bonds is 18. The lowest BCUT2D eigenvalue weighted by Gasteiger charge is -2.15. The van der Waals surface area contributed by atoms with E-state index in [4.69, 9.17) is 36.0 Å². The zero-order valence-corrected chi connectivity index (χ0v) is 30.2. The highest BCUT2D eigenvalue weighted by Crippen LogP contribution is 2.38. The second-order valence-corrected chi connectivity index (χ2v) is 11.6. The van der Waals surface area contributed by atoms with Crippen molar-refractivity contribution in [3.05, 3.63) is 95.2 Å². The van der Waals surface area contributed by atoms with Gasteiger partial charge in [0.25, 0.3) is 0 Å². The molecule has 0 atom stereocenters. The van der Waals surface area contributed by atoms with E-state index in [0.717, 1.165) is 55.4 Å². The van der Waals surface area contributed by atoms with E-state index in [1.165, 1.54) is 18.5 Å². The minimum Gasteiger partial charge on any atom is -0.493 e. The minimum absolute atomic E-state index is 0.187. The van der Waals surface area contributed by atoms with Crippen molar-refractivity contribution >= 4 is 46.7 Å². The molecule has 0 spiro atoms. The molecule has 0 radical (unpaired) electrons. The summed E-state index contributed by atoms with van der Waals surface area (Å²) in [5.74, 6) is 2.63. The first kappa shape index (κ1) is 40.4. The zero-order valence-electron chi connectivity index (χ0n) is 29.5. The third-order valence-electron chi connectivity index (χ3n) is 7.44. The molecule has 2 heterocycles. The highest BCUT2D eigenvalue weighted by atomic mass is 35.5. The van der Waals surface area contributed by atoms with Gasteiger partial charge in [0.1, 0.15) is 54.4 Å². The minimum atomic E-state index is -0.319. The predicted octanol–water partition coefficient (Wildman–Crippen LogP) is 9.16. The second-order valence-electron chi connectivity index (χ2n) is 11.2. The number of ether oxygens (including phenoxy) is 2. The van der Waals surface area contributed by atoms with Gasteiger partial charge < -0.3 is 35.1 Å². The Morgan fingerprint density at radius 2 is 1.76 bits per heavy atom. The van der Waals surface area contributed by atoms with Crippen LogP contribution in [-0.2, 0) is 22.7 Å². The van der Waals surface area contributed by atoms with Gasteiger partial charge in [-0.25, -0.2) is 14.4 Å². The van der Waals surface area contributed by atoms with Crippen LogP contribution in [-0.4, -0.2) is 35.8 Å². The van der Waals surface area contributed by atoms with Crippen LogP contribution in [0.15, 0.2) is 77.5 Å². The van der Waals surface area contributed by atoms with Gasteiger partial charge in [0.05, 0.1) is 29.3 Å². The number of hydrogen-bond acceptors (Lipinski definition) is 9. The molecule has 5 aromatic rings. The standard InChI is InChI=1S/C36H39ClFN5O4.C2H6.CH2O/c1-2-15-40-21-27-12-14-32(47-27)29-19-28-31(20-34(29)45-16-6-4-3-5-10-35(39)44)41-23-42-36(28)43-26-11-13-33(30(37)18-26)46-22-24-8-7-9-25(38)17-24;2*1-2/h7-9,11-14,17-20,23,40H,2-6,10,15-16,21-22H2,1H3,(H2,39,44)(H,41,42,43);1-2H3;1H2. The molecule has 2 aromatic heterocycles. The maximum atomic E-state index is 13.5. The average molecular weight is 720 g/mol. The van der Waals surface area contributed by atoms with Crippen LogP contribution in [0.1, 0.15) is 70.6 Å². The van der Waals surface area contributed by atoms with E-state index in [2.05, 4.69) is 27.5 Å². The zero-order chi connectivity index (χ0) is 37.0. The number of aromatic nitrogens is 2. The number of benzene rings is 3. The van der Waals surface area contributed by atoms with Crippen LogP contribution in [0.4, 0.5) is 15.9 Å². The van der Waals surface area contributed by atoms with E-state index in [1.807, 2.05) is 51.0 Å². The molecule has 51 heavy (non-hydrogen) atoms. The van der Waals surface area contributed by atoms with Crippen LogP contribution in [0.5, 0.6) is 11.5 Å². The molecule has 272 valence electrons. The fraction of sp³-hybridized carbons (Fsp3) is 0.333. The van der Waals surface area contributed by atoms with Gasteiger partial charge in [0.2, 0.25) is 5.91 Å². The van der Waals surface area contributed by atoms with E-state index in [0.29, 0.717) is 64.4 Å². The first-order valence-electron chi connectivity index (χ1n) is 17.1. The fourth-order valence-corrected chi connectivity index (χ4v) is 5.29. The summed E-state index contributed by atoms with van der Waals surface area (Å²) in [6, 6.07) is 19.4. The van der Waals surface area contributed by atoms with E-state index in [9.17, 15) is 9.18 Å². The van der Waals surface area contributed by atoms with Gasteiger partial charge in [-0.15, -0.1) is 0 Å². The van der Waals surface area contributed by atoms with Gasteiger partial charge >= 0.3 is 0 Å². The number of nitrogens with one attached hydrogen (secondary N) is 2. The number of carbonyl (C=O) groups excluding carboxylic acids is 2. The van der Waals surface area contributed by atoms with Crippen molar-refractivity contribution < 1.29 is 27.9 Å². The summed E-state index contributed by atoms with van der Waals surface area (Å²) in [5, 5.41) is 7.90. The average Bonchev–Trinajstić information content (AvgIpc) is 3.61. The fourth-order valence-electron chi connectivity index (χ4n) is 5.06. The predicted molar refractivity (Wildman–Crippen MR) is 201 cm³/mol. The molecule has 12 heteroatoms. The largest absolute Gasteiger partial charge is 0.493 e. The second kappa shape index (κ2) is 22.0. The first-order valence-corrected chi connectivity index (χ1v) is 17.5. The summed E-state index contributed by atoms with van der Waals surface area (Å²) in [6.07, 6.45) is 6.38. The Balaban J connectivity index is 0.00000169. The summed E-state index contributed by atoms with van der Waals surface area (Å²) in [6.45, 7) is 10.3. The van der Waals surface area contributed by atoms with Crippen molar-refractivity contribution in [2.75, 3.05) is 18.5 Å². The van der Waals surface area contributed by atoms with Crippen LogP contribution in [0.2, 0.25) is 5.02 Å². The molecule has 0 saturated carbocycles. The lowest BCUT2D eigenvalue weighted by Crippen LogP contribution is -2.12. The third kappa shape index (κ3) is 12.7. The van der Waals surface area contributed by atoms with Crippen LogP contribution in [0, 0.1) is 5.82 Å². The summed E-state index contributed by atoms with van der Waals surface area (Å²) >= 11 is 6.56. The molecule has 1 amide bonds. The summed E-state index contributed by atoms with van der Waals surface area (Å²) in [5.41, 5.74) is 8.13. The number of halogens is 2. The van der Waals surface area contributed by atoms with E-state index in [1.54, 1.807) is 24.3 Å². The van der Waals surface area contributed by atoms with Crippen LogP contribution >= 0.6 is 11.6 Å². The molecule has 0 bridgehead atoms. The van der Waals surface area contributed by atoms with Crippen molar-refractivity contribution in [1.82, 2.24) is 15.3 Å². The van der Waals surface area contributed by atoms with Gasteiger partial charge in [-0.05, 0) is 79.9 Å². The molecule has 0 aliphatic carbocycles. The summed E-state index contributed by atoms with van der Waals surface area (Å²) < 4.78 is 31.9. The number of hydrogen-bond donors (Lipinski definition) is 3. The Bertz CT molecular complexity index is 1820. The topological polar surface area (TPSA) is 142 Å². The molecule has 10 nitrogen and oxygen atoms in total. The number of primary amides is 1. The number of unbranched alkanes of at least 4 members (excludes halogenated alkanes) is 3. The van der Waals surface area contributed by atoms with Crippen molar-refractivity contribution in [3.63, 3.8) is 0 Å². The Labute approximate surface area is 303 Å². The number of anilines is 2. The molecule has 0 aliphatic heterocycles. The van der Waals surface area contributed by atoms with Gasteiger partial charge in [0, 0.05) is 23.6 Å². The van der Waals surface area contributed by atoms with E-state index in [-0.39, 0.29) is 18.3 Å². The van der Waals surface area contributed by atoms with Crippen molar-refractivity contribution in [2.24, 2.45) is 5.73 Å². The molecule has 0 aliphatic rings. The SMILES string of the molecule is C=O.CC.CCCNCc1ccc(-c2cc3c(Nc4ccc(OCc5cccc(F)c5)c(Cl)c4)ncnc3cc2OCCCCCCC(N)=O)o1. The van der Waals surface area contributed by atoms with Crippen LogP contribution < -0.4 is 25.8 Å². The normalized spacial score (nSPS) is 10.5. The molecule has 0 fully saturated rings.